The highest BCUT2D eigenvalue weighted by atomic mass is 32.2. The average Bonchev–Trinajstić information content (AvgIpc) is 2.38. The van der Waals surface area contributed by atoms with Gasteiger partial charge in [-0.1, -0.05) is 18.2 Å². The standard InChI is InChI=1S/C13H11FN2O3S/c14-10-6-11(8-12(7-10)20(15,18)19)16-13(17)9-4-2-1-3-5-9/h1-8H,(H,16,17)(H2,15,18,19). The lowest BCUT2D eigenvalue weighted by molar-refractivity contribution is 0.102. The van der Waals surface area contributed by atoms with Gasteiger partial charge in [0, 0.05) is 11.3 Å². The van der Waals surface area contributed by atoms with Crippen LogP contribution in [-0.2, 0) is 10.0 Å². The van der Waals surface area contributed by atoms with E-state index >= 15 is 0 Å². The molecule has 1 amide bonds. The van der Waals surface area contributed by atoms with Gasteiger partial charge in [-0.15, -0.1) is 0 Å². The lowest BCUT2D eigenvalue weighted by atomic mass is 10.2. The second-order valence-electron chi connectivity index (χ2n) is 4.04. The van der Waals surface area contributed by atoms with Crippen LogP contribution < -0.4 is 10.5 Å². The molecule has 0 atom stereocenters. The number of sulfonamides is 1. The Morgan fingerprint density at radius 1 is 1.10 bits per heavy atom. The molecule has 2 rings (SSSR count). The quantitative estimate of drug-likeness (QED) is 0.903. The number of hydrogen-bond acceptors (Lipinski definition) is 3. The third-order valence-corrected chi connectivity index (χ3v) is 3.39. The third kappa shape index (κ3) is 3.40. The maximum Gasteiger partial charge on any atom is 0.255 e. The highest BCUT2D eigenvalue weighted by molar-refractivity contribution is 7.89. The van der Waals surface area contributed by atoms with Crippen LogP contribution in [0.4, 0.5) is 10.1 Å². The summed E-state index contributed by atoms with van der Waals surface area (Å²) in [7, 11) is -4.04. The van der Waals surface area contributed by atoms with Crippen molar-refractivity contribution < 1.29 is 17.6 Å². The van der Waals surface area contributed by atoms with Crippen LogP contribution in [0.3, 0.4) is 0 Å². The van der Waals surface area contributed by atoms with Gasteiger partial charge in [-0.05, 0) is 30.3 Å². The molecule has 2 aromatic carbocycles. The van der Waals surface area contributed by atoms with Crippen molar-refractivity contribution in [2.24, 2.45) is 5.14 Å². The second kappa shape index (κ2) is 5.40. The molecule has 0 heterocycles. The SMILES string of the molecule is NS(=O)(=O)c1cc(F)cc(NC(=O)c2ccccc2)c1. The Hall–Kier alpha value is -2.25. The van der Waals surface area contributed by atoms with Crippen LogP contribution in [0.15, 0.2) is 53.4 Å². The highest BCUT2D eigenvalue weighted by Gasteiger charge is 2.13. The molecule has 0 saturated heterocycles. The number of carbonyl (C=O) groups excluding carboxylic acids is 1. The Balaban J connectivity index is 2.31. The number of halogens is 1. The Kier molecular flexibility index (Phi) is 3.82. The van der Waals surface area contributed by atoms with Gasteiger partial charge < -0.3 is 5.32 Å². The summed E-state index contributed by atoms with van der Waals surface area (Å²) in [6.45, 7) is 0. The Bertz CT molecular complexity index is 745. The normalized spacial score (nSPS) is 11.1. The molecule has 0 spiro atoms. The van der Waals surface area contributed by atoms with E-state index in [2.05, 4.69) is 5.32 Å². The first-order valence-corrected chi connectivity index (χ1v) is 7.11. The van der Waals surface area contributed by atoms with Crippen molar-refractivity contribution in [1.82, 2.24) is 0 Å². The first-order valence-electron chi connectivity index (χ1n) is 5.56. The van der Waals surface area contributed by atoms with E-state index in [1.54, 1.807) is 30.3 Å². The molecule has 5 nitrogen and oxygen atoms in total. The van der Waals surface area contributed by atoms with Crippen molar-refractivity contribution in [3.05, 3.63) is 59.9 Å². The number of nitrogens with one attached hydrogen (secondary N) is 1. The van der Waals surface area contributed by atoms with E-state index in [1.807, 2.05) is 0 Å². The van der Waals surface area contributed by atoms with Gasteiger partial charge in [-0.2, -0.15) is 0 Å². The largest absolute Gasteiger partial charge is 0.322 e. The van der Waals surface area contributed by atoms with Crippen LogP contribution in [0.25, 0.3) is 0 Å². The number of amides is 1. The molecule has 0 aliphatic heterocycles. The van der Waals surface area contributed by atoms with Crippen LogP contribution in [0, 0.1) is 5.82 Å². The summed E-state index contributed by atoms with van der Waals surface area (Å²) >= 11 is 0. The number of rotatable bonds is 3. The number of benzene rings is 2. The van der Waals surface area contributed by atoms with Crippen molar-refractivity contribution in [1.29, 1.82) is 0 Å². The molecule has 0 bridgehead atoms. The average molecular weight is 294 g/mol. The van der Waals surface area contributed by atoms with E-state index in [9.17, 15) is 17.6 Å². The Labute approximate surface area is 115 Å². The summed E-state index contributed by atoms with van der Waals surface area (Å²) in [5, 5.41) is 7.34. The number of nitrogens with two attached hydrogens (primary N) is 1. The summed E-state index contributed by atoms with van der Waals surface area (Å²) in [5.74, 6) is -1.28. The number of carbonyl (C=O) groups is 1. The zero-order valence-electron chi connectivity index (χ0n) is 10.2. The molecule has 104 valence electrons. The summed E-state index contributed by atoms with van der Waals surface area (Å²) in [6, 6.07) is 11.2. The van der Waals surface area contributed by atoms with E-state index in [0.29, 0.717) is 5.56 Å². The minimum Gasteiger partial charge on any atom is -0.322 e. The van der Waals surface area contributed by atoms with Gasteiger partial charge in [0.1, 0.15) is 5.82 Å². The van der Waals surface area contributed by atoms with Crippen molar-refractivity contribution in [3.8, 4) is 0 Å². The molecule has 0 unspecified atom stereocenters. The lowest BCUT2D eigenvalue weighted by Crippen LogP contribution is -2.15. The number of anilines is 1. The fraction of sp³-hybridized carbons (Fsp3) is 0. The summed E-state index contributed by atoms with van der Waals surface area (Å²) < 4.78 is 35.7. The van der Waals surface area contributed by atoms with Crippen LogP contribution in [0.1, 0.15) is 10.4 Å². The molecule has 3 N–H and O–H groups in total. The van der Waals surface area contributed by atoms with Crippen LogP contribution in [-0.4, -0.2) is 14.3 Å². The molecule has 0 aliphatic carbocycles. The van der Waals surface area contributed by atoms with Gasteiger partial charge in [0.05, 0.1) is 4.90 Å². The van der Waals surface area contributed by atoms with E-state index in [-0.39, 0.29) is 5.69 Å². The van der Waals surface area contributed by atoms with E-state index in [0.717, 1.165) is 18.2 Å². The maximum absolute atomic E-state index is 13.3. The first kappa shape index (κ1) is 14.2. The minimum atomic E-state index is -4.04. The summed E-state index contributed by atoms with van der Waals surface area (Å²) in [5.41, 5.74) is 0.386. The molecule has 7 heteroatoms. The molecular formula is C13H11FN2O3S. The molecule has 0 saturated carbocycles. The number of primary sulfonamides is 1. The topological polar surface area (TPSA) is 89.3 Å². The molecule has 0 fully saturated rings. The lowest BCUT2D eigenvalue weighted by Gasteiger charge is -2.07. The van der Waals surface area contributed by atoms with Gasteiger partial charge in [0.25, 0.3) is 5.91 Å². The molecule has 2 aromatic rings. The molecular weight excluding hydrogens is 283 g/mol. The Morgan fingerprint density at radius 2 is 1.75 bits per heavy atom. The molecule has 0 aliphatic rings. The van der Waals surface area contributed by atoms with Gasteiger partial charge in [0.15, 0.2) is 0 Å². The van der Waals surface area contributed by atoms with Crippen molar-refractivity contribution in [3.63, 3.8) is 0 Å². The first-order chi connectivity index (χ1) is 9.36. The predicted octanol–water partition coefficient (Wildman–Crippen LogP) is 1.73. The van der Waals surface area contributed by atoms with Crippen molar-refractivity contribution in [2.45, 2.75) is 4.90 Å². The van der Waals surface area contributed by atoms with Gasteiger partial charge >= 0.3 is 0 Å². The summed E-state index contributed by atoms with van der Waals surface area (Å²) in [4.78, 5) is 11.5. The fourth-order valence-corrected chi connectivity index (χ4v) is 2.16. The minimum absolute atomic E-state index is 0.0166. The van der Waals surface area contributed by atoms with Crippen LogP contribution >= 0.6 is 0 Å². The van der Waals surface area contributed by atoms with Gasteiger partial charge in [-0.3, -0.25) is 4.79 Å². The predicted molar refractivity (Wildman–Crippen MR) is 72.2 cm³/mol. The highest BCUT2D eigenvalue weighted by Crippen LogP contribution is 2.18. The molecule has 0 radical (unpaired) electrons. The van der Waals surface area contributed by atoms with E-state index < -0.39 is 26.6 Å². The number of hydrogen-bond donors (Lipinski definition) is 2. The van der Waals surface area contributed by atoms with Crippen molar-refractivity contribution in [2.75, 3.05) is 5.32 Å². The van der Waals surface area contributed by atoms with E-state index in [1.165, 1.54) is 0 Å². The smallest absolute Gasteiger partial charge is 0.255 e. The zero-order valence-corrected chi connectivity index (χ0v) is 11.0. The third-order valence-electron chi connectivity index (χ3n) is 2.49. The second-order valence-corrected chi connectivity index (χ2v) is 5.60. The zero-order chi connectivity index (χ0) is 14.8. The maximum atomic E-state index is 13.3. The summed E-state index contributed by atoms with van der Waals surface area (Å²) in [6.07, 6.45) is 0. The van der Waals surface area contributed by atoms with Crippen molar-refractivity contribution >= 4 is 21.6 Å². The van der Waals surface area contributed by atoms with E-state index in [4.69, 9.17) is 5.14 Å². The fourth-order valence-electron chi connectivity index (χ4n) is 1.59. The van der Waals surface area contributed by atoms with Crippen LogP contribution in [0.5, 0.6) is 0 Å². The monoisotopic (exact) mass is 294 g/mol. The Morgan fingerprint density at radius 3 is 2.35 bits per heavy atom. The van der Waals surface area contributed by atoms with Crippen LogP contribution in [0.2, 0.25) is 0 Å². The molecule has 0 aromatic heterocycles. The van der Waals surface area contributed by atoms with Gasteiger partial charge in [0.2, 0.25) is 10.0 Å². The molecule has 20 heavy (non-hydrogen) atoms. The van der Waals surface area contributed by atoms with Gasteiger partial charge in [-0.25, -0.2) is 17.9 Å².